The van der Waals surface area contributed by atoms with Crippen LogP contribution in [0.15, 0.2) is 0 Å². The Bertz CT molecular complexity index is 188. The molecule has 1 unspecified atom stereocenters. The molecule has 0 aromatic carbocycles. The minimum absolute atomic E-state index is 0.618. The topological polar surface area (TPSA) is 12.0 Å². The summed E-state index contributed by atoms with van der Waals surface area (Å²) in [4.78, 5) is 0. The van der Waals surface area contributed by atoms with E-state index in [1.54, 1.807) is 0 Å². The van der Waals surface area contributed by atoms with Crippen LogP contribution in [0.3, 0.4) is 0 Å². The van der Waals surface area contributed by atoms with Gasteiger partial charge in [-0.3, -0.25) is 0 Å². The van der Waals surface area contributed by atoms with Crippen LogP contribution in [0.4, 0.5) is 0 Å². The second kappa shape index (κ2) is 4.86. The lowest BCUT2D eigenvalue weighted by Crippen LogP contribution is -2.39. The number of hydrogen-bond acceptors (Lipinski definition) is 1. The van der Waals surface area contributed by atoms with E-state index >= 15 is 0 Å². The van der Waals surface area contributed by atoms with Gasteiger partial charge in [-0.2, -0.15) is 0 Å². The quantitative estimate of drug-likeness (QED) is 0.744. The fraction of sp³-hybridized carbons (Fsp3) is 1.00. The van der Waals surface area contributed by atoms with E-state index in [4.69, 9.17) is 0 Å². The molecule has 0 aromatic rings. The molecular weight excluding hydrogens is 182 g/mol. The molecular formula is C14H27N. The molecule has 2 fully saturated rings. The van der Waals surface area contributed by atoms with Crippen molar-refractivity contribution in [3.05, 3.63) is 0 Å². The normalized spacial score (nSPS) is 28.4. The lowest BCUT2D eigenvalue weighted by molar-refractivity contribution is 0.273. The molecule has 0 amide bonds. The first kappa shape index (κ1) is 11.4. The van der Waals surface area contributed by atoms with Crippen LogP contribution >= 0.6 is 0 Å². The van der Waals surface area contributed by atoms with Crippen molar-refractivity contribution in [3.8, 4) is 0 Å². The van der Waals surface area contributed by atoms with E-state index in [0.717, 1.165) is 12.0 Å². The minimum Gasteiger partial charge on any atom is -0.313 e. The second-order valence-electron chi connectivity index (χ2n) is 6.23. The molecule has 1 N–H and O–H groups in total. The maximum absolute atomic E-state index is 3.81. The molecule has 0 spiro atoms. The largest absolute Gasteiger partial charge is 0.313 e. The summed E-state index contributed by atoms with van der Waals surface area (Å²) in [5.41, 5.74) is 0.618. The average molecular weight is 209 g/mol. The van der Waals surface area contributed by atoms with Gasteiger partial charge in [0.05, 0.1) is 0 Å². The van der Waals surface area contributed by atoms with Gasteiger partial charge in [0.1, 0.15) is 0 Å². The van der Waals surface area contributed by atoms with E-state index in [2.05, 4.69) is 19.2 Å². The Morgan fingerprint density at radius 2 is 1.73 bits per heavy atom. The van der Waals surface area contributed by atoms with Crippen molar-refractivity contribution in [2.75, 3.05) is 6.54 Å². The Hall–Kier alpha value is -0.0400. The van der Waals surface area contributed by atoms with Crippen LogP contribution in [0.25, 0.3) is 0 Å². The molecule has 1 heteroatoms. The molecule has 0 bridgehead atoms. The molecule has 1 atom stereocenters. The third-order valence-corrected chi connectivity index (χ3v) is 4.77. The summed E-state index contributed by atoms with van der Waals surface area (Å²) < 4.78 is 0. The number of hydrogen-bond donors (Lipinski definition) is 1. The number of rotatable bonds is 4. The Balaban J connectivity index is 1.72. The Morgan fingerprint density at radius 1 is 1.13 bits per heavy atom. The highest BCUT2D eigenvalue weighted by Crippen LogP contribution is 2.37. The van der Waals surface area contributed by atoms with E-state index < -0.39 is 0 Å². The zero-order valence-corrected chi connectivity index (χ0v) is 10.5. The van der Waals surface area contributed by atoms with Gasteiger partial charge < -0.3 is 5.32 Å². The highest BCUT2D eigenvalue weighted by atomic mass is 14.9. The van der Waals surface area contributed by atoms with Crippen LogP contribution in [-0.4, -0.2) is 12.6 Å². The smallest absolute Gasteiger partial charge is 0.00672 e. The molecule has 0 saturated heterocycles. The van der Waals surface area contributed by atoms with E-state index in [9.17, 15) is 0 Å². The van der Waals surface area contributed by atoms with Crippen LogP contribution in [0, 0.1) is 11.3 Å². The summed E-state index contributed by atoms with van der Waals surface area (Å²) in [5, 5.41) is 3.81. The van der Waals surface area contributed by atoms with Crippen molar-refractivity contribution in [1.29, 1.82) is 0 Å². The third kappa shape index (κ3) is 2.96. The monoisotopic (exact) mass is 209 g/mol. The molecule has 0 aromatic heterocycles. The summed E-state index contributed by atoms with van der Waals surface area (Å²) in [6.45, 7) is 6.12. The highest BCUT2D eigenvalue weighted by molar-refractivity contribution is 4.85. The first-order valence-corrected chi connectivity index (χ1v) is 6.93. The SMILES string of the molecule is CC(NCC1(C)CCCC1)C1CCCC1. The van der Waals surface area contributed by atoms with Crippen molar-refractivity contribution in [2.45, 2.75) is 71.3 Å². The van der Waals surface area contributed by atoms with Gasteiger partial charge >= 0.3 is 0 Å². The van der Waals surface area contributed by atoms with Crippen molar-refractivity contribution in [3.63, 3.8) is 0 Å². The predicted molar refractivity (Wildman–Crippen MR) is 66.0 cm³/mol. The molecule has 88 valence electrons. The van der Waals surface area contributed by atoms with Crippen LogP contribution < -0.4 is 5.32 Å². The van der Waals surface area contributed by atoms with Crippen molar-refractivity contribution >= 4 is 0 Å². The van der Waals surface area contributed by atoms with E-state index in [-0.39, 0.29) is 0 Å². The van der Waals surface area contributed by atoms with Gasteiger partial charge in [-0.25, -0.2) is 0 Å². The predicted octanol–water partition coefficient (Wildman–Crippen LogP) is 3.74. The Morgan fingerprint density at radius 3 is 2.33 bits per heavy atom. The van der Waals surface area contributed by atoms with Crippen LogP contribution in [-0.2, 0) is 0 Å². The van der Waals surface area contributed by atoms with Gasteiger partial charge in [-0.05, 0) is 43.9 Å². The van der Waals surface area contributed by atoms with Crippen LogP contribution in [0.1, 0.15) is 65.2 Å². The lowest BCUT2D eigenvalue weighted by Gasteiger charge is -2.28. The number of nitrogens with one attached hydrogen (secondary N) is 1. The summed E-state index contributed by atoms with van der Waals surface area (Å²) in [6, 6.07) is 0.755. The Kier molecular flexibility index (Phi) is 3.71. The summed E-state index contributed by atoms with van der Waals surface area (Å²) in [5.74, 6) is 0.968. The van der Waals surface area contributed by atoms with Gasteiger partial charge in [-0.1, -0.05) is 32.6 Å². The molecule has 2 saturated carbocycles. The first-order valence-electron chi connectivity index (χ1n) is 6.93. The van der Waals surface area contributed by atoms with E-state index in [0.29, 0.717) is 5.41 Å². The molecule has 0 heterocycles. The Labute approximate surface area is 95.0 Å². The van der Waals surface area contributed by atoms with Crippen molar-refractivity contribution < 1.29 is 0 Å². The minimum atomic E-state index is 0.618. The first-order chi connectivity index (χ1) is 7.20. The van der Waals surface area contributed by atoms with Gasteiger partial charge in [0.2, 0.25) is 0 Å². The fourth-order valence-electron chi connectivity index (χ4n) is 3.44. The van der Waals surface area contributed by atoms with Gasteiger partial charge in [0, 0.05) is 12.6 Å². The molecule has 0 radical (unpaired) electrons. The summed E-state index contributed by atoms with van der Waals surface area (Å²) in [6.07, 6.45) is 11.7. The fourth-order valence-corrected chi connectivity index (χ4v) is 3.44. The summed E-state index contributed by atoms with van der Waals surface area (Å²) in [7, 11) is 0. The third-order valence-electron chi connectivity index (χ3n) is 4.77. The lowest BCUT2D eigenvalue weighted by atomic mass is 9.88. The average Bonchev–Trinajstić information content (AvgIpc) is 2.85. The van der Waals surface area contributed by atoms with Gasteiger partial charge in [0.15, 0.2) is 0 Å². The highest BCUT2D eigenvalue weighted by Gasteiger charge is 2.30. The molecule has 2 aliphatic rings. The van der Waals surface area contributed by atoms with Crippen LogP contribution in [0.5, 0.6) is 0 Å². The molecule has 2 rings (SSSR count). The maximum Gasteiger partial charge on any atom is 0.00672 e. The molecule has 15 heavy (non-hydrogen) atoms. The van der Waals surface area contributed by atoms with E-state index in [1.807, 2.05) is 0 Å². The molecule has 0 aliphatic heterocycles. The van der Waals surface area contributed by atoms with E-state index in [1.165, 1.54) is 57.9 Å². The van der Waals surface area contributed by atoms with Crippen molar-refractivity contribution in [1.82, 2.24) is 5.32 Å². The zero-order chi connectivity index (χ0) is 10.7. The van der Waals surface area contributed by atoms with Gasteiger partial charge in [0.25, 0.3) is 0 Å². The molecule has 1 nitrogen and oxygen atoms in total. The summed E-state index contributed by atoms with van der Waals surface area (Å²) >= 11 is 0. The maximum atomic E-state index is 3.81. The second-order valence-corrected chi connectivity index (χ2v) is 6.23. The molecule has 2 aliphatic carbocycles. The standard InChI is InChI=1S/C14H27N/c1-12(13-7-3-4-8-13)15-11-14(2)9-5-6-10-14/h12-13,15H,3-11H2,1-2H3. The zero-order valence-electron chi connectivity index (χ0n) is 10.5. The van der Waals surface area contributed by atoms with Gasteiger partial charge in [-0.15, -0.1) is 0 Å². The van der Waals surface area contributed by atoms with Crippen molar-refractivity contribution in [2.24, 2.45) is 11.3 Å². The van der Waals surface area contributed by atoms with Crippen LogP contribution in [0.2, 0.25) is 0 Å².